The van der Waals surface area contributed by atoms with Crippen molar-refractivity contribution in [1.29, 1.82) is 0 Å². The predicted octanol–water partition coefficient (Wildman–Crippen LogP) is 3.60. The maximum absolute atomic E-state index is 12.8. The Morgan fingerprint density at radius 2 is 1.68 bits per heavy atom. The van der Waals surface area contributed by atoms with Crippen molar-refractivity contribution in [3.63, 3.8) is 0 Å². The van der Waals surface area contributed by atoms with Crippen LogP contribution < -0.4 is 0 Å². The summed E-state index contributed by atoms with van der Waals surface area (Å²) in [6.45, 7) is 0. The van der Waals surface area contributed by atoms with Gasteiger partial charge in [0.25, 0.3) is 0 Å². The van der Waals surface area contributed by atoms with Crippen molar-refractivity contribution in [2.24, 2.45) is 0 Å². The van der Waals surface area contributed by atoms with Gasteiger partial charge in [-0.2, -0.15) is 0 Å². The second-order valence-corrected chi connectivity index (χ2v) is 4.25. The SMILES string of the molecule is O=C(c1ccc(F)cc1)c1ccc2cccnc2c1. The molecule has 3 rings (SSSR count). The molecule has 3 heteroatoms. The molecule has 0 aliphatic heterocycles. The molecule has 19 heavy (non-hydrogen) atoms. The fourth-order valence-electron chi connectivity index (χ4n) is 1.98. The average molecular weight is 251 g/mol. The first kappa shape index (κ1) is 11.5. The summed E-state index contributed by atoms with van der Waals surface area (Å²) in [7, 11) is 0. The molecule has 0 saturated heterocycles. The molecular weight excluding hydrogens is 241 g/mol. The van der Waals surface area contributed by atoms with E-state index >= 15 is 0 Å². The summed E-state index contributed by atoms with van der Waals surface area (Å²) in [5, 5.41) is 0.984. The Kier molecular flexibility index (Phi) is 2.80. The third-order valence-corrected chi connectivity index (χ3v) is 2.97. The maximum Gasteiger partial charge on any atom is 0.193 e. The molecule has 0 aliphatic rings. The average Bonchev–Trinajstić information content (AvgIpc) is 2.47. The summed E-state index contributed by atoms with van der Waals surface area (Å²) >= 11 is 0. The number of pyridine rings is 1. The summed E-state index contributed by atoms with van der Waals surface area (Å²) < 4.78 is 12.8. The molecule has 0 amide bonds. The molecule has 1 heterocycles. The Morgan fingerprint density at radius 3 is 2.47 bits per heavy atom. The summed E-state index contributed by atoms with van der Waals surface area (Å²) in [6.07, 6.45) is 1.69. The highest BCUT2D eigenvalue weighted by Gasteiger charge is 2.09. The van der Waals surface area contributed by atoms with Crippen molar-refractivity contribution in [3.8, 4) is 0 Å². The van der Waals surface area contributed by atoms with Crippen molar-refractivity contribution in [3.05, 3.63) is 77.7 Å². The molecule has 0 radical (unpaired) electrons. The molecule has 0 N–H and O–H groups in total. The van der Waals surface area contributed by atoms with Gasteiger partial charge >= 0.3 is 0 Å². The molecule has 2 nitrogen and oxygen atoms in total. The van der Waals surface area contributed by atoms with Gasteiger partial charge in [-0.1, -0.05) is 18.2 Å². The van der Waals surface area contributed by atoms with Gasteiger partial charge in [0.15, 0.2) is 5.78 Å². The van der Waals surface area contributed by atoms with Crippen molar-refractivity contribution in [2.75, 3.05) is 0 Å². The zero-order valence-electron chi connectivity index (χ0n) is 10.0. The molecule has 0 saturated carbocycles. The molecule has 0 spiro atoms. The van der Waals surface area contributed by atoms with Crippen LogP contribution in [0.1, 0.15) is 15.9 Å². The van der Waals surface area contributed by atoms with E-state index in [1.165, 1.54) is 24.3 Å². The highest BCUT2D eigenvalue weighted by molar-refractivity contribution is 6.10. The molecule has 0 unspecified atom stereocenters. The van der Waals surface area contributed by atoms with E-state index in [4.69, 9.17) is 0 Å². The van der Waals surface area contributed by atoms with Crippen molar-refractivity contribution in [1.82, 2.24) is 4.98 Å². The number of nitrogens with zero attached hydrogens (tertiary/aromatic N) is 1. The first-order valence-electron chi connectivity index (χ1n) is 5.89. The fourth-order valence-corrected chi connectivity index (χ4v) is 1.98. The van der Waals surface area contributed by atoms with Crippen molar-refractivity contribution in [2.45, 2.75) is 0 Å². The Labute approximate surface area is 109 Å². The normalized spacial score (nSPS) is 10.6. The lowest BCUT2D eigenvalue weighted by Crippen LogP contribution is -2.01. The zero-order chi connectivity index (χ0) is 13.2. The molecule has 2 aromatic carbocycles. The van der Waals surface area contributed by atoms with Crippen LogP contribution in [0, 0.1) is 5.82 Å². The van der Waals surface area contributed by atoms with Crippen LogP contribution in [0.25, 0.3) is 10.9 Å². The molecular formula is C16H10FNO. The summed E-state index contributed by atoms with van der Waals surface area (Å²) in [6, 6.07) is 14.7. The van der Waals surface area contributed by atoms with E-state index in [1.807, 2.05) is 18.2 Å². The molecule has 0 fully saturated rings. The van der Waals surface area contributed by atoms with Gasteiger partial charge in [-0.05, 0) is 36.4 Å². The van der Waals surface area contributed by atoms with Gasteiger partial charge in [0.1, 0.15) is 5.82 Å². The van der Waals surface area contributed by atoms with Crippen LogP contribution in [0.4, 0.5) is 4.39 Å². The number of carbonyl (C=O) groups excluding carboxylic acids is 1. The topological polar surface area (TPSA) is 30.0 Å². The molecule has 92 valence electrons. The first-order chi connectivity index (χ1) is 9.24. The van der Waals surface area contributed by atoms with Crippen LogP contribution in [-0.4, -0.2) is 10.8 Å². The molecule has 0 aliphatic carbocycles. The minimum atomic E-state index is -0.350. The molecule has 1 aromatic heterocycles. The van der Waals surface area contributed by atoms with Gasteiger partial charge in [-0.25, -0.2) is 4.39 Å². The summed E-state index contributed by atoms with van der Waals surface area (Å²) in [5.74, 6) is -0.482. The standard InChI is InChI=1S/C16H10FNO/c17-14-7-5-12(6-8-14)16(19)13-4-3-11-2-1-9-18-15(11)10-13/h1-10H. The van der Waals surface area contributed by atoms with Gasteiger partial charge < -0.3 is 0 Å². The van der Waals surface area contributed by atoms with Crippen LogP contribution in [-0.2, 0) is 0 Å². The lowest BCUT2D eigenvalue weighted by atomic mass is 10.0. The smallest absolute Gasteiger partial charge is 0.193 e. The zero-order valence-corrected chi connectivity index (χ0v) is 10.0. The second kappa shape index (κ2) is 4.61. The van der Waals surface area contributed by atoms with Crippen LogP contribution >= 0.6 is 0 Å². The number of aromatic nitrogens is 1. The Bertz CT molecular complexity index is 750. The Balaban J connectivity index is 2.04. The number of halogens is 1. The Morgan fingerprint density at radius 1 is 0.947 bits per heavy atom. The third kappa shape index (κ3) is 2.22. The monoisotopic (exact) mass is 251 g/mol. The largest absolute Gasteiger partial charge is 0.289 e. The van der Waals surface area contributed by atoms with E-state index in [-0.39, 0.29) is 11.6 Å². The lowest BCUT2D eigenvalue weighted by Gasteiger charge is -2.03. The number of benzene rings is 2. The lowest BCUT2D eigenvalue weighted by molar-refractivity contribution is 0.103. The maximum atomic E-state index is 12.8. The molecule has 0 atom stereocenters. The van der Waals surface area contributed by atoms with Crippen molar-refractivity contribution >= 4 is 16.7 Å². The fraction of sp³-hybridized carbons (Fsp3) is 0. The Hall–Kier alpha value is -2.55. The van der Waals surface area contributed by atoms with E-state index in [9.17, 15) is 9.18 Å². The van der Waals surface area contributed by atoms with Crippen LogP contribution in [0.3, 0.4) is 0 Å². The van der Waals surface area contributed by atoms with Crippen molar-refractivity contribution < 1.29 is 9.18 Å². The molecule has 0 bridgehead atoms. The highest BCUT2D eigenvalue weighted by Crippen LogP contribution is 2.16. The van der Waals surface area contributed by atoms with Gasteiger partial charge in [0.05, 0.1) is 5.52 Å². The van der Waals surface area contributed by atoms with Gasteiger partial charge in [-0.15, -0.1) is 0 Å². The minimum Gasteiger partial charge on any atom is -0.289 e. The third-order valence-electron chi connectivity index (χ3n) is 2.97. The number of hydrogen-bond donors (Lipinski definition) is 0. The highest BCUT2D eigenvalue weighted by atomic mass is 19.1. The van der Waals surface area contributed by atoms with E-state index in [1.54, 1.807) is 18.3 Å². The molecule has 3 aromatic rings. The first-order valence-corrected chi connectivity index (χ1v) is 5.89. The van der Waals surface area contributed by atoms with Gasteiger partial charge in [-0.3, -0.25) is 9.78 Å². The number of fused-ring (bicyclic) bond motifs is 1. The quantitative estimate of drug-likeness (QED) is 0.651. The van der Waals surface area contributed by atoms with E-state index in [2.05, 4.69) is 4.98 Å². The van der Waals surface area contributed by atoms with E-state index in [0.717, 1.165) is 10.9 Å². The number of carbonyl (C=O) groups is 1. The van der Waals surface area contributed by atoms with Crippen LogP contribution in [0.5, 0.6) is 0 Å². The number of rotatable bonds is 2. The van der Waals surface area contributed by atoms with E-state index < -0.39 is 0 Å². The summed E-state index contributed by atoms with van der Waals surface area (Å²) in [5.41, 5.74) is 1.80. The van der Waals surface area contributed by atoms with Crippen LogP contribution in [0.15, 0.2) is 60.8 Å². The minimum absolute atomic E-state index is 0.132. The number of hydrogen-bond acceptors (Lipinski definition) is 2. The van der Waals surface area contributed by atoms with E-state index in [0.29, 0.717) is 11.1 Å². The van der Waals surface area contributed by atoms with Gasteiger partial charge in [0.2, 0.25) is 0 Å². The van der Waals surface area contributed by atoms with Crippen LogP contribution in [0.2, 0.25) is 0 Å². The van der Waals surface area contributed by atoms with Gasteiger partial charge in [0, 0.05) is 22.7 Å². The second-order valence-electron chi connectivity index (χ2n) is 4.25. The summed E-state index contributed by atoms with van der Waals surface area (Å²) in [4.78, 5) is 16.5. The predicted molar refractivity (Wildman–Crippen MR) is 71.6 cm³/mol. The number of ketones is 1.